The molecule has 9 heteroatoms. The molecule has 1 saturated heterocycles. The fraction of sp³-hybridized carbons (Fsp3) is 0.300. The lowest BCUT2D eigenvalue weighted by Crippen LogP contribution is -2.40. The molecule has 9 nitrogen and oxygen atoms in total. The number of likely N-dealkylation sites (tertiary alicyclic amines) is 1. The predicted molar refractivity (Wildman–Crippen MR) is 150 cm³/mol. The molecular weight excluding hydrogens is 490 g/mol. The highest BCUT2D eigenvalue weighted by molar-refractivity contribution is 5.98. The van der Waals surface area contributed by atoms with Crippen molar-refractivity contribution in [3.8, 4) is 11.3 Å². The Hall–Kier alpha value is -4.53. The van der Waals surface area contributed by atoms with Crippen LogP contribution in [0.3, 0.4) is 0 Å². The van der Waals surface area contributed by atoms with Gasteiger partial charge in [0.25, 0.3) is 5.91 Å². The van der Waals surface area contributed by atoms with Crippen LogP contribution in [0, 0.1) is 0 Å². The molecule has 2 aliphatic rings. The Bertz CT molecular complexity index is 1560. The Labute approximate surface area is 226 Å². The van der Waals surface area contributed by atoms with E-state index >= 15 is 0 Å². The predicted octanol–water partition coefficient (Wildman–Crippen LogP) is 4.01. The zero-order valence-electron chi connectivity index (χ0n) is 21.8. The molecule has 2 aromatic carbocycles. The van der Waals surface area contributed by atoms with E-state index in [1.54, 1.807) is 4.90 Å². The van der Waals surface area contributed by atoms with Crippen LogP contribution in [0.2, 0.25) is 0 Å². The number of benzene rings is 2. The lowest BCUT2D eigenvalue weighted by Gasteiger charge is -2.32. The first-order valence-corrected chi connectivity index (χ1v) is 13.4. The highest BCUT2D eigenvalue weighted by atomic mass is 16.2. The van der Waals surface area contributed by atoms with E-state index in [4.69, 9.17) is 10.8 Å². The number of fused-ring (bicyclic) bond motifs is 2. The third-order valence-corrected chi connectivity index (χ3v) is 7.76. The smallest absolute Gasteiger partial charge is 0.254 e. The molecular formula is C30H31N7O2. The summed E-state index contributed by atoms with van der Waals surface area (Å²) in [5.41, 5.74) is 11.6. The van der Waals surface area contributed by atoms with E-state index in [0.29, 0.717) is 42.2 Å². The summed E-state index contributed by atoms with van der Waals surface area (Å²) in [6, 6.07) is 16.0. The number of rotatable bonds is 5. The second-order valence-corrected chi connectivity index (χ2v) is 10.2. The minimum Gasteiger partial charge on any atom is -0.383 e. The third kappa shape index (κ3) is 4.65. The molecule has 2 aromatic heterocycles. The van der Waals surface area contributed by atoms with Gasteiger partial charge in [-0.25, -0.2) is 14.6 Å². The second-order valence-electron chi connectivity index (χ2n) is 10.2. The summed E-state index contributed by atoms with van der Waals surface area (Å²) in [5.74, 6) is 0.375. The molecule has 2 N–H and O–H groups in total. The standard InChI is InChI=1S/C30H31N7O2/c1-2-25(38)35-15-6-9-23(18-35)37-29-26(28(31)32-19-33-29)27(34-37)22-13-11-20(12-14-22)17-36-16-5-8-21-7-3-4-10-24(21)30(36)39/h2-4,7,10-14,19,23H,1,5-6,8-9,15-18H2,(H2,31,32,33). The number of anilines is 1. The van der Waals surface area contributed by atoms with Crippen LogP contribution in [-0.4, -0.2) is 61.0 Å². The van der Waals surface area contributed by atoms with Gasteiger partial charge in [0.1, 0.15) is 17.8 Å². The quantitative estimate of drug-likeness (QED) is 0.397. The van der Waals surface area contributed by atoms with E-state index < -0.39 is 0 Å². The van der Waals surface area contributed by atoms with Gasteiger partial charge in [-0.1, -0.05) is 49.0 Å². The molecule has 0 radical (unpaired) electrons. The SMILES string of the molecule is C=CC(=O)N1CCCC(n2nc(-c3ccc(CN4CCCc5ccccc5C4=O)cc3)c3c(N)ncnc32)C1. The molecule has 0 spiro atoms. The normalized spacial score (nSPS) is 17.6. The first kappa shape index (κ1) is 24.8. The van der Waals surface area contributed by atoms with Crippen molar-refractivity contribution in [2.45, 2.75) is 38.3 Å². The van der Waals surface area contributed by atoms with Gasteiger partial charge in [-0.2, -0.15) is 5.10 Å². The van der Waals surface area contributed by atoms with Gasteiger partial charge >= 0.3 is 0 Å². The highest BCUT2D eigenvalue weighted by Crippen LogP contribution is 2.34. The molecule has 0 bridgehead atoms. The van der Waals surface area contributed by atoms with Crippen LogP contribution in [0.4, 0.5) is 5.82 Å². The summed E-state index contributed by atoms with van der Waals surface area (Å²) in [5, 5.41) is 5.67. The number of aromatic nitrogens is 4. The molecule has 0 aliphatic carbocycles. The minimum absolute atomic E-state index is 0.0237. The number of nitrogens with zero attached hydrogens (tertiary/aromatic N) is 6. The maximum Gasteiger partial charge on any atom is 0.254 e. The number of amides is 2. The summed E-state index contributed by atoms with van der Waals surface area (Å²) < 4.78 is 1.90. The molecule has 39 heavy (non-hydrogen) atoms. The number of nitrogens with two attached hydrogens (primary N) is 1. The van der Waals surface area contributed by atoms with Crippen molar-refractivity contribution < 1.29 is 9.59 Å². The van der Waals surface area contributed by atoms with E-state index in [1.165, 1.54) is 12.4 Å². The highest BCUT2D eigenvalue weighted by Gasteiger charge is 2.28. The van der Waals surface area contributed by atoms with Crippen molar-refractivity contribution >= 4 is 28.7 Å². The topological polar surface area (TPSA) is 110 Å². The third-order valence-electron chi connectivity index (χ3n) is 7.76. The lowest BCUT2D eigenvalue weighted by molar-refractivity contribution is -0.127. The van der Waals surface area contributed by atoms with Crippen LogP contribution < -0.4 is 5.73 Å². The number of carbonyl (C=O) groups excluding carboxylic acids is 2. The monoisotopic (exact) mass is 521 g/mol. The molecule has 0 saturated carbocycles. The Morgan fingerprint density at radius 1 is 1.08 bits per heavy atom. The van der Waals surface area contributed by atoms with E-state index in [0.717, 1.165) is 54.5 Å². The van der Waals surface area contributed by atoms with Gasteiger partial charge in [0.15, 0.2) is 5.65 Å². The average molecular weight is 522 g/mol. The Kier molecular flexibility index (Phi) is 6.56. The Balaban J connectivity index is 1.29. The van der Waals surface area contributed by atoms with E-state index in [2.05, 4.69) is 16.5 Å². The second kappa shape index (κ2) is 10.3. The van der Waals surface area contributed by atoms with Crippen LogP contribution >= 0.6 is 0 Å². The minimum atomic E-state index is -0.0764. The van der Waals surface area contributed by atoms with Crippen LogP contribution in [0.25, 0.3) is 22.3 Å². The van der Waals surface area contributed by atoms with Crippen LogP contribution in [0.15, 0.2) is 67.5 Å². The van der Waals surface area contributed by atoms with E-state index in [-0.39, 0.29) is 17.9 Å². The average Bonchev–Trinajstić information content (AvgIpc) is 3.30. The number of piperidine rings is 1. The number of nitrogen functional groups attached to an aromatic ring is 1. The van der Waals surface area contributed by atoms with Gasteiger partial charge in [-0.15, -0.1) is 0 Å². The first-order valence-electron chi connectivity index (χ1n) is 13.4. The fourth-order valence-corrected chi connectivity index (χ4v) is 5.75. The van der Waals surface area contributed by atoms with Gasteiger partial charge in [0, 0.05) is 37.3 Å². The molecule has 1 unspecified atom stereocenters. The van der Waals surface area contributed by atoms with Gasteiger partial charge < -0.3 is 15.5 Å². The molecule has 198 valence electrons. The molecule has 6 rings (SSSR count). The molecule has 2 amide bonds. The van der Waals surface area contributed by atoms with Gasteiger partial charge in [0.2, 0.25) is 5.91 Å². The lowest BCUT2D eigenvalue weighted by atomic mass is 10.0. The number of hydrogen-bond acceptors (Lipinski definition) is 6. The summed E-state index contributed by atoms with van der Waals surface area (Å²) in [6.45, 7) is 6.15. The maximum atomic E-state index is 13.2. The van der Waals surface area contributed by atoms with Crippen molar-refractivity contribution in [1.82, 2.24) is 29.5 Å². The van der Waals surface area contributed by atoms with Gasteiger partial charge in [-0.05, 0) is 49.0 Å². The van der Waals surface area contributed by atoms with Crippen molar-refractivity contribution in [2.75, 3.05) is 25.4 Å². The Morgan fingerprint density at radius 2 is 1.90 bits per heavy atom. The van der Waals surface area contributed by atoms with Gasteiger partial charge in [-0.3, -0.25) is 9.59 Å². The first-order chi connectivity index (χ1) is 19.0. The molecule has 1 fully saturated rings. The fourth-order valence-electron chi connectivity index (χ4n) is 5.75. The summed E-state index contributed by atoms with van der Waals surface area (Å²) in [7, 11) is 0. The summed E-state index contributed by atoms with van der Waals surface area (Å²) in [4.78, 5) is 38.0. The Morgan fingerprint density at radius 3 is 2.72 bits per heavy atom. The van der Waals surface area contributed by atoms with Crippen LogP contribution in [0.1, 0.15) is 46.8 Å². The number of hydrogen-bond donors (Lipinski definition) is 1. The van der Waals surface area contributed by atoms with E-state index in [1.807, 2.05) is 58.1 Å². The van der Waals surface area contributed by atoms with Crippen molar-refractivity contribution in [1.29, 1.82) is 0 Å². The number of carbonyl (C=O) groups is 2. The van der Waals surface area contributed by atoms with Gasteiger partial charge in [0.05, 0.1) is 11.4 Å². The van der Waals surface area contributed by atoms with Crippen molar-refractivity contribution in [3.05, 3.63) is 84.2 Å². The zero-order valence-corrected chi connectivity index (χ0v) is 21.8. The number of aryl methyl sites for hydroxylation is 1. The van der Waals surface area contributed by atoms with Crippen molar-refractivity contribution in [2.24, 2.45) is 0 Å². The van der Waals surface area contributed by atoms with Crippen molar-refractivity contribution in [3.63, 3.8) is 0 Å². The molecule has 2 aliphatic heterocycles. The van der Waals surface area contributed by atoms with Crippen LogP contribution in [-0.2, 0) is 17.8 Å². The maximum absolute atomic E-state index is 13.2. The molecule has 4 heterocycles. The summed E-state index contributed by atoms with van der Waals surface area (Å²) in [6.07, 6.45) is 6.42. The van der Waals surface area contributed by atoms with Crippen LogP contribution in [0.5, 0.6) is 0 Å². The molecule has 4 aromatic rings. The summed E-state index contributed by atoms with van der Waals surface area (Å²) >= 11 is 0. The van der Waals surface area contributed by atoms with E-state index in [9.17, 15) is 9.59 Å². The zero-order chi connectivity index (χ0) is 26.9. The molecule has 1 atom stereocenters. The largest absolute Gasteiger partial charge is 0.383 e.